The van der Waals surface area contributed by atoms with Crippen molar-refractivity contribution in [2.75, 3.05) is 12.4 Å². The van der Waals surface area contributed by atoms with E-state index < -0.39 is 6.09 Å². The SMILES string of the molecule is COc1cc(Br)cc2sc(NC(=O)OCc3ccccc3)nc12. The highest BCUT2D eigenvalue weighted by Crippen LogP contribution is 2.35. The number of nitrogens with one attached hydrogen (secondary N) is 1. The molecular weight excluding hydrogens is 380 g/mol. The molecule has 0 bridgehead atoms. The van der Waals surface area contributed by atoms with Crippen molar-refractivity contribution in [2.24, 2.45) is 0 Å². The summed E-state index contributed by atoms with van der Waals surface area (Å²) in [5, 5.41) is 3.11. The Kier molecular flexibility index (Phi) is 4.78. The molecule has 0 aliphatic heterocycles. The van der Waals surface area contributed by atoms with Gasteiger partial charge in [0.15, 0.2) is 5.13 Å². The largest absolute Gasteiger partial charge is 0.494 e. The number of carbonyl (C=O) groups excluding carboxylic acids is 1. The zero-order valence-electron chi connectivity index (χ0n) is 12.2. The molecule has 0 saturated heterocycles. The lowest BCUT2D eigenvalue weighted by molar-refractivity contribution is 0.155. The van der Waals surface area contributed by atoms with Gasteiger partial charge in [0.05, 0.1) is 11.8 Å². The van der Waals surface area contributed by atoms with E-state index in [1.165, 1.54) is 11.3 Å². The van der Waals surface area contributed by atoms with Gasteiger partial charge in [-0.1, -0.05) is 57.6 Å². The maximum Gasteiger partial charge on any atom is 0.413 e. The monoisotopic (exact) mass is 392 g/mol. The van der Waals surface area contributed by atoms with E-state index in [2.05, 4.69) is 26.2 Å². The number of ether oxygens (including phenoxy) is 2. The fourth-order valence-corrected chi connectivity index (χ4v) is 3.52. The normalized spacial score (nSPS) is 10.5. The lowest BCUT2D eigenvalue weighted by Gasteiger charge is -2.04. The summed E-state index contributed by atoms with van der Waals surface area (Å²) in [6, 6.07) is 13.3. The van der Waals surface area contributed by atoms with Crippen LogP contribution in [0.1, 0.15) is 5.56 Å². The Bertz CT molecular complexity index is 836. The minimum atomic E-state index is -0.536. The van der Waals surface area contributed by atoms with Crippen molar-refractivity contribution in [2.45, 2.75) is 6.61 Å². The van der Waals surface area contributed by atoms with E-state index >= 15 is 0 Å². The Morgan fingerprint density at radius 2 is 2.09 bits per heavy atom. The third kappa shape index (κ3) is 3.80. The molecule has 0 aliphatic carbocycles. The number of benzene rings is 2. The van der Waals surface area contributed by atoms with Gasteiger partial charge < -0.3 is 9.47 Å². The second-order valence-electron chi connectivity index (χ2n) is 4.66. The molecule has 0 radical (unpaired) electrons. The first-order valence-corrected chi connectivity index (χ1v) is 8.38. The topological polar surface area (TPSA) is 60.5 Å². The van der Waals surface area contributed by atoms with Crippen LogP contribution in [0.4, 0.5) is 9.93 Å². The van der Waals surface area contributed by atoms with Crippen molar-refractivity contribution in [1.29, 1.82) is 0 Å². The maximum absolute atomic E-state index is 11.9. The molecule has 0 unspecified atom stereocenters. The summed E-state index contributed by atoms with van der Waals surface area (Å²) in [5.41, 5.74) is 1.64. The number of halogens is 1. The van der Waals surface area contributed by atoms with E-state index in [1.54, 1.807) is 7.11 Å². The van der Waals surface area contributed by atoms with E-state index in [1.807, 2.05) is 42.5 Å². The molecule has 3 rings (SSSR count). The third-order valence-corrected chi connectivity index (χ3v) is 4.44. The van der Waals surface area contributed by atoms with Crippen molar-refractivity contribution in [1.82, 2.24) is 4.98 Å². The smallest absolute Gasteiger partial charge is 0.413 e. The van der Waals surface area contributed by atoms with Crippen LogP contribution in [-0.2, 0) is 11.3 Å². The Balaban J connectivity index is 1.70. The fraction of sp³-hybridized carbons (Fsp3) is 0.125. The molecule has 1 aromatic heterocycles. The van der Waals surface area contributed by atoms with Crippen molar-refractivity contribution in [3.05, 3.63) is 52.5 Å². The molecule has 7 heteroatoms. The molecule has 0 spiro atoms. The Labute approximate surface area is 145 Å². The average molecular weight is 393 g/mol. The van der Waals surface area contributed by atoms with Gasteiger partial charge in [0, 0.05) is 4.47 Å². The van der Waals surface area contributed by atoms with Crippen LogP contribution < -0.4 is 10.1 Å². The van der Waals surface area contributed by atoms with Gasteiger partial charge in [0.25, 0.3) is 0 Å². The molecule has 0 fully saturated rings. The zero-order valence-corrected chi connectivity index (χ0v) is 14.6. The van der Waals surface area contributed by atoms with E-state index in [0.29, 0.717) is 16.4 Å². The predicted molar refractivity (Wildman–Crippen MR) is 94.1 cm³/mol. The van der Waals surface area contributed by atoms with Gasteiger partial charge in [0.1, 0.15) is 17.9 Å². The summed E-state index contributed by atoms with van der Waals surface area (Å²) in [6.45, 7) is 0.215. The highest BCUT2D eigenvalue weighted by atomic mass is 79.9. The van der Waals surface area contributed by atoms with Gasteiger partial charge in [-0.05, 0) is 17.7 Å². The molecule has 118 valence electrons. The van der Waals surface area contributed by atoms with Gasteiger partial charge in [0.2, 0.25) is 0 Å². The van der Waals surface area contributed by atoms with E-state index in [4.69, 9.17) is 9.47 Å². The number of nitrogens with zero attached hydrogens (tertiary/aromatic N) is 1. The number of anilines is 1. The molecule has 1 heterocycles. The van der Waals surface area contributed by atoms with Crippen LogP contribution in [0.25, 0.3) is 10.2 Å². The summed E-state index contributed by atoms with van der Waals surface area (Å²) in [4.78, 5) is 16.3. The average Bonchev–Trinajstić information content (AvgIpc) is 2.95. The van der Waals surface area contributed by atoms with Gasteiger partial charge in [-0.25, -0.2) is 9.78 Å². The van der Waals surface area contributed by atoms with Gasteiger partial charge in [-0.15, -0.1) is 0 Å². The van der Waals surface area contributed by atoms with Gasteiger partial charge in [-0.3, -0.25) is 5.32 Å². The van der Waals surface area contributed by atoms with Crippen LogP contribution >= 0.6 is 27.3 Å². The lowest BCUT2D eigenvalue weighted by Crippen LogP contribution is -2.13. The number of thiazole rings is 1. The van der Waals surface area contributed by atoms with Crippen LogP contribution in [0.2, 0.25) is 0 Å². The van der Waals surface area contributed by atoms with Gasteiger partial charge in [-0.2, -0.15) is 0 Å². The number of aromatic nitrogens is 1. The summed E-state index contributed by atoms with van der Waals surface area (Å²) < 4.78 is 12.3. The van der Waals surface area contributed by atoms with Crippen LogP contribution in [0.3, 0.4) is 0 Å². The maximum atomic E-state index is 11.9. The number of hydrogen-bond acceptors (Lipinski definition) is 5. The summed E-state index contributed by atoms with van der Waals surface area (Å²) in [5.74, 6) is 0.649. The first-order chi connectivity index (χ1) is 11.2. The number of methoxy groups -OCH3 is 1. The van der Waals surface area contributed by atoms with Gasteiger partial charge >= 0.3 is 6.09 Å². The Morgan fingerprint density at radius 1 is 1.30 bits per heavy atom. The minimum absolute atomic E-state index is 0.215. The molecule has 23 heavy (non-hydrogen) atoms. The van der Waals surface area contributed by atoms with Crippen molar-refractivity contribution >= 4 is 48.7 Å². The number of fused-ring (bicyclic) bond motifs is 1. The quantitative estimate of drug-likeness (QED) is 0.691. The van der Waals surface area contributed by atoms with Crippen molar-refractivity contribution in [3.63, 3.8) is 0 Å². The van der Waals surface area contributed by atoms with Crippen LogP contribution in [0.5, 0.6) is 5.75 Å². The Morgan fingerprint density at radius 3 is 2.83 bits per heavy atom. The predicted octanol–water partition coefficient (Wildman–Crippen LogP) is 4.82. The summed E-state index contributed by atoms with van der Waals surface area (Å²) >= 11 is 4.78. The Hall–Kier alpha value is -2.12. The van der Waals surface area contributed by atoms with E-state index in [9.17, 15) is 4.79 Å². The number of rotatable bonds is 4. The standard InChI is InChI=1S/C16H13BrN2O3S/c1-21-12-7-11(17)8-13-14(12)18-15(23-13)19-16(20)22-9-10-5-3-2-4-6-10/h2-8H,9H2,1H3,(H,18,19,20). The second-order valence-corrected chi connectivity index (χ2v) is 6.61. The van der Waals surface area contributed by atoms with E-state index in [0.717, 1.165) is 14.7 Å². The first-order valence-electron chi connectivity index (χ1n) is 6.77. The van der Waals surface area contributed by atoms with Crippen LogP contribution in [0.15, 0.2) is 46.9 Å². The van der Waals surface area contributed by atoms with Crippen molar-refractivity contribution in [3.8, 4) is 5.75 Å². The zero-order chi connectivity index (χ0) is 16.2. The summed E-state index contributed by atoms with van der Waals surface area (Å²) in [6.07, 6.45) is -0.536. The second kappa shape index (κ2) is 6.97. The van der Waals surface area contributed by atoms with Crippen LogP contribution in [0, 0.1) is 0 Å². The molecule has 0 saturated carbocycles. The summed E-state index contributed by atoms with van der Waals surface area (Å²) in [7, 11) is 1.59. The minimum Gasteiger partial charge on any atom is -0.494 e. The number of carbonyl (C=O) groups is 1. The molecule has 3 aromatic rings. The molecule has 1 N–H and O–H groups in total. The molecule has 0 aliphatic rings. The third-order valence-electron chi connectivity index (χ3n) is 3.07. The van der Waals surface area contributed by atoms with Crippen LogP contribution in [-0.4, -0.2) is 18.2 Å². The molecule has 5 nitrogen and oxygen atoms in total. The molecule has 2 aromatic carbocycles. The fourth-order valence-electron chi connectivity index (χ4n) is 2.02. The lowest BCUT2D eigenvalue weighted by atomic mass is 10.2. The highest BCUT2D eigenvalue weighted by Gasteiger charge is 2.13. The number of hydrogen-bond donors (Lipinski definition) is 1. The highest BCUT2D eigenvalue weighted by molar-refractivity contribution is 9.10. The first kappa shape index (κ1) is 15.8. The molecule has 1 amide bonds. The number of amides is 1. The van der Waals surface area contributed by atoms with Crippen molar-refractivity contribution < 1.29 is 14.3 Å². The molecular formula is C16H13BrN2O3S. The van der Waals surface area contributed by atoms with E-state index in [-0.39, 0.29) is 6.61 Å². The molecule has 0 atom stereocenters.